The molecular weight excluding hydrogens is 266 g/mol. The molecule has 0 atom stereocenters. The summed E-state index contributed by atoms with van der Waals surface area (Å²) < 4.78 is 0. The van der Waals surface area contributed by atoms with Gasteiger partial charge in [0, 0.05) is 30.1 Å². The molecule has 1 aliphatic rings. The number of hydrogen-bond acceptors (Lipinski definition) is 3. The van der Waals surface area contributed by atoms with E-state index in [1.807, 2.05) is 38.1 Å². The monoisotopic (exact) mass is 289 g/mol. The highest BCUT2D eigenvalue weighted by atomic mass is 16.2. The summed E-state index contributed by atoms with van der Waals surface area (Å²) in [7, 11) is 0. The quantitative estimate of drug-likeness (QED) is 0.746. The lowest BCUT2D eigenvalue weighted by molar-refractivity contribution is -0.122. The van der Waals surface area contributed by atoms with Gasteiger partial charge >= 0.3 is 0 Å². The Labute approximate surface area is 125 Å². The van der Waals surface area contributed by atoms with Crippen LogP contribution in [0, 0.1) is 5.92 Å². The third kappa shape index (κ3) is 5.55. The second-order valence-electron chi connectivity index (χ2n) is 6.40. The minimum atomic E-state index is -0.499. The molecule has 1 fully saturated rings. The van der Waals surface area contributed by atoms with E-state index in [4.69, 9.17) is 5.73 Å². The van der Waals surface area contributed by atoms with Crippen LogP contribution in [0.15, 0.2) is 24.3 Å². The molecule has 5 nitrogen and oxygen atoms in total. The Morgan fingerprint density at radius 3 is 2.38 bits per heavy atom. The molecule has 2 rings (SSSR count). The summed E-state index contributed by atoms with van der Waals surface area (Å²) in [5.41, 5.74) is 7.09. The molecule has 0 spiro atoms. The third-order valence-electron chi connectivity index (χ3n) is 3.28. The van der Waals surface area contributed by atoms with Gasteiger partial charge in [-0.05, 0) is 44.4 Å². The maximum Gasteiger partial charge on any atom is 0.227 e. The van der Waals surface area contributed by atoms with Crippen molar-refractivity contribution >= 4 is 17.5 Å². The molecule has 21 heavy (non-hydrogen) atoms. The van der Waals surface area contributed by atoms with Crippen LogP contribution in [-0.2, 0) is 16.1 Å². The summed E-state index contributed by atoms with van der Waals surface area (Å²) >= 11 is 0. The van der Waals surface area contributed by atoms with Gasteiger partial charge in [0.25, 0.3) is 0 Å². The van der Waals surface area contributed by atoms with E-state index in [0.717, 1.165) is 24.1 Å². The summed E-state index contributed by atoms with van der Waals surface area (Å²) in [5, 5.41) is 5.72. The topological polar surface area (TPSA) is 84.2 Å². The van der Waals surface area contributed by atoms with E-state index in [2.05, 4.69) is 10.6 Å². The molecule has 0 aliphatic heterocycles. The van der Waals surface area contributed by atoms with Crippen LogP contribution in [-0.4, -0.2) is 17.4 Å². The summed E-state index contributed by atoms with van der Waals surface area (Å²) in [4.78, 5) is 23.3. The molecule has 0 aromatic heterocycles. The predicted molar refractivity (Wildman–Crippen MR) is 82.5 cm³/mol. The fourth-order valence-electron chi connectivity index (χ4n) is 1.97. The van der Waals surface area contributed by atoms with Crippen LogP contribution in [0.5, 0.6) is 0 Å². The molecular formula is C16H23N3O2. The van der Waals surface area contributed by atoms with E-state index < -0.39 is 5.54 Å². The molecule has 114 valence electrons. The van der Waals surface area contributed by atoms with E-state index in [9.17, 15) is 9.59 Å². The van der Waals surface area contributed by atoms with Crippen molar-refractivity contribution in [1.82, 2.24) is 5.32 Å². The number of carbonyl (C=O) groups is 2. The van der Waals surface area contributed by atoms with Crippen molar-refractivity contribution in [3.05, 3.63) is 29.8 Å². The summed E-state index contributed by atoms with van der Waals surface area (Å²) in [6, 6.07) is 7.51. The standard InChI is InChI=1S/C16H23N3O2/c1-16(2,17)9-14(20)18-10-11-3-7-13(8-4-11)19-15(21)12-5-6-12/h3-4,7-8,12H,5-6,9-10,17H2,1-2H3,(H,18,20)(H,19,21). The molecule has 0 heterocycles. The first kappa shape index (κ1) is 15.5. The van der Waals surface area contributed by atoms with Crippen LogP contribution < -0.4 is 16.4 Å². The number of hydrogen-bond donors (Lipinski definition) is 3. The number of nitrogens with two attached hydrogens (primary N) is 1. The molecule has 0 radical (unpaired) electrons. The lowest BCUT2D eigenvalue weighted by atomic mass is 10.0. The van der Waals surface area contributed by atoms with E-state index in [1.165, 1.54) is 0 Å². The predicted octanol–water partition coefficient (Wildman–Crippen LogP) is 1.78. The van der Waals surface area contributed by atoms with E-state index >= 15 is 0 Å². The Balaban J connectivity index is 1.79. The zero-order chi connectivity index (χ0) is 15.5. The van der Waals surface area contributed by atoms with Crippen molar-refractivity contribution in [2.45, 2.75) is 45.2 Å². The average Bonchev–Trinajstić information content (AvgIpc) is 3.20. The van der Waals surface area contributed by atoms with Gasteiger partial charge in [0.05, 0.1) is 0 Å². The second-order valence-corrected chi connectivity index (χ2v) is 6.40. The molecule has 1 saturated carbocycles. The summed E-state index contributed by atoms with van der Waals surface area (Å²) in [6.45, 7) is 4.11. The maximum absolute atomic E-state index is 11.7. The Morgan fingerprint density at radius 1 is 1.24 bits per heavy atom. The van der Waals surface area contributed by atoms with Crippen LogP contribution >= 0.6 is 0 Å². The molecule has 5 heteroatoms. The number of carbonyl (C=O) groups excluding carboxylic acids is 2. The molecule has 0 bridgehead atoms. The number of amides is 2. The molecule has 0 unspecified atom stereocenters. The molecule has 1 aromatic carbocycles. The minimum Gasteiger partial charge on any atom is -0.352 e. The smallest absolute Gasteiger partial charge is 0.227 e. The lowest BCUT2D eigenvalue weighted by Crippen LogP contribution is -2.38. The van der Waals surface area contributed by atoms with Gasteiger partial charge in [-0.25, -0.2) is 0 Å². The number of benzene rings is 1. The van der Waals surface area contributed by atoms with Gasteiger partial charge in [0.1, 0.15) is 0 Å². The molecule has 1 aliphatic carbocycles. The van der Waals surface area contributed by atoms with E-state index in [1.54, 1.807) is 0 Å². The fourth-order valence-corrected chi connectivity index (χ4v) is 1.97. The maximum atomic E-state index is 11.7. The van der Waals surface area contributed by atoms with Crippen LogP contribution in [0.2, 0.25) is 0 Å². The zero-order valence-electron chi connectivity index (χ0n) is 12.6. The Morgan fingerprint density at radius 2 is 1.86 bits per heavy atom. The van der Waals surface area contributed by atoms with Crippen molar-refractivity contribution in [2.24, 2.45) is 11.7 Å². The van der Waals surface area contributed by atoms with E-state index in [0.29, 0.717) is 13.0 Å². The third-order valence-corrected chi connectivity index (χ3v) is 3.28. The highest BCUT2D eigenvalue weighted by Crippen LogP contribution is 2.30. The summed E-state index contributed by atoms with van der Waals surface area (Å²) in [6.07, 6.45) is 2.28. The van der Waals surface area contributed by atoms with Crippen molar-refractivity contribution in [3.8, 4) is 0 Å². The fraction of sp³-hybridized carbons (Fsp3) is 0.500. The first-order chi connectivity index (χ1) is 9.83. The molecule has 4 N–H and O–H groups in total. The SMILES string of the molecule is CC(C)(N)CC(=O)NCc1ccc(NC(=O)C2CC2)cc1. The number of rotatable bonds is 6. The van der Waals surface area contributed by atoms with Gasteiger partial charge in [0.15, 0.2) is 0 Å². The van der Waals surface area contributed by atoms with Crippen LogP contribution in [0.25, 0.3) is 0 Å². The van der Waals surface area contributed by atoms with Gasteiger partial charge in [-0.15, -0.1) is 0 Å². The Bertz CT molecular complexity index is 513. The molecule has 1 aromatic rings. The normalized spacial score (nSPS) is 14.6. The van der Waals surface area contributed by atoms with Gasteiger partial charge < -0.3 is 16.4 Å². The molecule has 0 saturated heterocycles. The Kier molecular flexibility index (Phi) is 4.63. The van der Waals surface area contributed by atoms with Crippen molar-refractivity contribution in [3.63, 3.8) is 0 Å². The Hall–Kier alpha value is -1.88. The van der Waals surface area contributed by atoms with Crippen LogP contribution in [0.1, 0.15) is 38.7 Å². The highest BCUT2D eigenvalue weighted by molar-refractivity contribution is 5.94. The van der Waals surface area contributed by atoms with E-state index in [-0.39, 0.29) is 17.7 Å². The number of anilines is 1. The number of nitrogens with one attached hydrogen (secondary N) is 2. The van der Waals surface area contributed by atoms with Gasteiger partial charge in [0.2, 0.25) is 11.8 Å². The minimum absolute atomic E-state index is 0.0615. The van der Waals surface area contributed by atoms with Crippen molar-refractivity contribution in [2.75, 3.05) is 5.32 Å². The zero-order valence-corrected chi connectivity index (χ0v) is 12.6. The van der Waals surface area contributed by atoms with Crippen LogP contribution in [0.4, 0.5) is 5.69 Å². The van der Waals surface area contributed by atoms with Gasteiger partial charge in [-0.1, -0.05) is 12.1 Å². The first-order valence-corrected chi connectivity index (χ1v) is 7.29. The van der Waals surface area contributed by atoms with Gasteiger partial charge in [-0.2, -0.15) is 0 Å². The highest BCUT2D eigenvalue weighted by Gasteiger charge is 2.29. The first-order valence-electron chi connectivity index (χ1n) is 7.29. The second kappa shape index (κ2) is 6.26. The van der Waals surface area contributed by atoms with Crippen molar-refractivity contribution in [1.29, 1.82) is 0 Å². The largest absolute Gasteiger partial charge is 0.352 e. The lowest BCUT2D eigenvalue weighted by Gasteiger charge is -2.17. The summed E-state index contributed by atoms with van der Waals surface area (Å²) in [5.74, 6) is 0.235. The van der Waals surface area contributed by atoms with Crippen LogP contribution in [0.3, 0.4) is 0 Å². The van der Waals surface area contributed by atoms with Gasteiger partial charge in [-0.3, -0.25) is 9.59 Å². The van der Waals surface area contributed by atoms with Crippen molar-refractivity contribution < 1.29 is 9.59 Å². The molecule has 2 amide bonds. The average molecular weight is 289 g/mol.